The Hall–Kier alpha value is -0.860. The molecule has 3 atom stereocenters. The van der Waals surface area contributed by atoms with Gasteiger partial charge in [0.25, 0.3) is 0 Å². The van der Waals surface area contributed by atoms with Gasteiger partial charge in [0.1, 0.15) is 0 Å². The number of aryl methyl sites for hydroxylation is 1. The smallest absolute Gasteiger partial charge is 0.0450 e. The van der Waals surface area contributed by atoms with Gasteiger partial charge < -0.3 is 5.73 Å². The minimum absolute atomic E-state index is 0.119. The van der Waals surface area contributed by atoms with Crippen molar-refractivity contribution in [1.29, 1.82) is 0 Å². The lowest BCUT2D eigenvalue weighted by atomic mass is 9.96. The van der Waals surface area contributed by atoms with E-state index in [9.17, 15) is 0 Å². The number of benzene rings is 1. The van der Waals surface area contributed by atoms with Gasteiger partial charge in [-0.05, 0) is 57.7 Å². The maximum absolute atomic E-state index is 6.52. The van der Waals surface area contributed by atoms with Gasteiger partial charge in [-0.3, -0.25) is 4.90 Å². The van der Waals surface area contributed by atoms with E-state index >= 15 is 0 Å². The third-order valence-electron chi connectivity index (χ3n) is 5.14. The molecule has 0 radical (unpaired) electrons. The maximum atomic E-state index is 6.52. The van der Waals surface area contributed by atoms with Gasteiger partial charge in [-0.1, -0.05) is 49.6 Å². The maximum Gasteiger partial charge on any atom is 0.0450 e. The molecule has 1 aliphatic rings. The fourth-order valence-corrected chi connectivity index (χ4v) is 3.59. The van der Waals surface area contributed by atoms with Gasteiger partial charge in [0.15, 0.2) is 0 Å². The predicted octanol–water partition coefficient (Wildman–Crippen LogP) is 4.29. The molecule has 21 heavy (non-hydrogen) atoms. The van der Waals surface area contributed by atoms with Crippen molar-refractivity contribution in [2.45, 2.75) is 65.0 Å². The third kappa shape index (κ3) is 4.55. The van der Waals surface area contributed by atoms with Crippen molar-refractivity contribution in [2.75, 3.05) is 13.1 Å². The fourth-order valence-electron chi connectivity index (χ4n) is 3.59. The topological polar surface area (TPSA) is 29.3 Å². The molecule has 2 heteroatoms. The van der Waals surface area contributed by atoms with E-state index in [0.29, 0.717) is 6.04 Å². The summed E-state index contributed by atoms with van der Waals surface area (Å²) in [5.41, 5.74) is 9.09. The molecule has 0 spiro atoms. The highest BCUT2D eigenvalue weighted by Crippen LogP contribution is 2.26. The fraction of sp³-hybridized carbons (Fsp3) is 0.684. The van der Waals surface area contributed by atoms with Crippen LogP contribution in [0.25, 0.3) is 0 Å². The minimum atomic E-state index is 0.119. The zero-order chi connectivity index (χ0) is 15.2. The molecule has 1 aliphatic heterocycles. The standard InChI is InChI=1S/C19H32N2/c1-4-6-17-7-5-13-21(14-12-17)16(3)19(20)18-10-8-15(2)9-11-18/h8-11,16-17,19H,4-7,12-14,20H2,1-3H3. The molecule has 2 N–H and O–H groups in total. The van der Waals surface area contributed by atoms with Crippen LogP contribution >= 0.6 is 0 Å². The average Bonchev–Trinajstić information content (AvgIpc) is 2.73. The lowest BCUT2D eigenvalue weighted by molar-refractivity contribution is 0.188. The van der Waals surface area contributed by atoms with Gasteiger partial charge in [-0.25, -0.2) is 0 Å². The summed E-state index contributed by atoms with van der Waals surface area (Å²) in [6, 6.07) is 9.26. The number of nitrogens with two attached hydrogens (primary N) is 1. The molecule has 1 saturated heterocycles. The van der Waals surface area contributed by atoms with Gasteiger partial charge in [0.05, 0.1) is 0 Å². The van der Waals surface area contributed by atoms with E-state index < -0.39 is 0 Å². The lowest BCUT2D eigenvalue weighted by Crippen LogP contribution is -2.41. The highest BCUT2D eigenvalue weighted by molar-refractivity contribution is 5.24. The highest BCUT2D eigenvalue weighted by Gasteiger charge is 2.24. The monoisotopic (exact) mass is 288 g/mol. The van der Waals surface area contributed by atoms with Crippen molar-refractivity contribution < 1.29 is 0 Å². The van der Waals surface area contributed by atoms with E-state index in [-0.39, 0.29) is 6.04 Å². The van der Waals surface area contributed by atoms with Crippen LogP contribution in [-0.2, 0) is 0 Å². The van der Waals surface area contributed by atoms with E-state index in [1.165, 1.54) is 56.3 Å². The number of rotatable bonds is 5. The number of likely N-dealkylation sites (tertiary alicyclic amines) is 1. The molecule has 1 heterocycles. The SMILES string of the molecule is CCCC1CCCN(C(C)C(N)c2ccc(C)cc2)CC1. The molecule has 1 aromatic rings. The first-order valence-corrected chi connectivity index (χ1v) is 8.68. The van der Waals surface area contributed by atoms with Crippen molar-refractivity contribution in [3.05, 3.63) is 35.4 Å². The van der Waals surface area contributed by atoms with E-state index in [1.54, 1.807) is 0 Å². The van der Waals surface area contributed by atoms with Crippen LogP contribution < -0.4 is 5.73 Å². The summed E-state index contributed by atoms with van der Waals surface area (Å²) in [6.07, 6.45) is 6.79. The molecule has 0 saturated carbocycles. The molecular formula is C19H32N2. The zero-order valence-corrected chi connectivity index (χ0v) is 14.0. The summed E-state index contributed by atoms with van der Waals surface area (Å²) in [5.74, 6) is 0.933. The average molecular weight is 288 g/mol. The molecule has 3 unspecified atom stereocenters. The summed E-state index contributed by atoms with van der Waals surface area (Å²) in [6.45, 7) is 9.15. The molecule has 2 rings (SSSR count). The summed E-state index contributed by atoms with van der Waals surface area (Å²) < 4.78 is 0. The largest absolute Gasteiger partial charge is 0.323 e. The lowest BCUT2D eigenvalue weighted by Gasteiger charge is -2.32. The van der Waals surface area contributed by atoms with Crippen molar-refractivity contribution in [3.63, 3.8) is 0 Å². The van der Waals surface area contributed by atoms with Crippen LogP contribution in [-0.4, -0.2) is 24.0 Å². The summed E-state index contributed by atoms with van der Waals surface area (Å²) in [5, 5.41) is 0. The molecule has 2 nitrogen and oxygen atoms in total. The first kappa shape index (κ1) is 16.5. The Kier molecular flexibility index (Phi) is 6.25. The first-order valence-electron chi connectivity index (χ1n) is 8.68. The molecule has 1 fully saturated rings. The van der Waals surface area contributed by atoms with Crippen LogP contribution in [0.2, 0.25) is 0 Å². The summed E-state index contributed by atoms with van der Waals surface area (Å²) in [4.78, 5) is 2.61. The Labute approximate surface area is 130 Å². The molecule has 0 aromatic heterocycles. The van der Waals surface area contributed by atoms with Gasteiger partial charge in [-0.15, -0.1) is 0 Å². The normalized spacial score (nSPS) is 23.5. The van der Waals surface area contributed by atoms with Crippen molar-refractivity contribution in [1.82, 2.24) is 4.90 Å². The predicted molar refractivity (Wildman–Crippen MR) is 91.4 cm³/mol. The molecule has 1 aromatic carbocycles. The van der Waals surface area contributed by atoms with Gasteiger partial charge in [0.2, 0.25) is 0 Å². The zero-order valence-electron chi connectivity index (χ0n) is 14.0. The van der Waals surface area contributed by atoms with Gasteiger partial charge >= 0.3 is 0 Å². The second-order valence-corrected chi connectivity index (χ2v) is 6.80. The van der Waals surface area contributed by atoms with Crippen LogP contribution in [0.5, 0.6) is 0 Å². The van der Waals surface area contributed by atoms with Gasteiger partial charge in [0, 0.05) is 12.1 Å². The number of nitrogens with zero attached hydrogens (tertiary/aromatic N) is 1. The number of hydrogen-bond acceptors (Lipinski definition) is 2. The Balaban J connectivity index is 1.95. The number of hydrogen-bond donors (Lipinski definition) is 1. The summed E-state index contributed by atoms with van der Waals surface area (Å²) >= 11 is 0. The second kappa shape index (κ2) is 7.95. The first-order chi connectivity index (χ1) is 10.1. The van der Waals surface area contributed by atoms with Gasteiger partial charge in [-0.2, -0.15) is 0 Å². The Morgan fingerprint density at radius 2 is 1.90 bits per heavy atom. The van der Waals surface area contributed by atoms with Crippen LogP contribution in [0.4, 0.5) is 0 Å². The molecular weight excluding hydrogens is 256 g/mol. The molecule has 0 amide bonds. The Morgan fingerprint density at radius 1 is 1.19 bits per heavy atom. The van der Waals surface area contributed by atoms with E-state index in [4.69, 9.17) is 5.73 Å². The molecule has 118 valence electrons. The van der Waals surface area contributed by atoms with Crippen LogP contribution in [0.3, 0.4) is 0 Å². The van der Waals surface area contributed by atoms with Crippen molar-refractivity contribution >= 4 is 0 Å². The van der Waals surface area contributed by atoms with Crippen molar-refractivity contribution in [2.24, 2.45) is 11.7 Å². The third-order valence-corrected chi connectivity index (χ3v) is 5.14. The second-order valence-electron chi connectivity index (χ2n) is 6.80. The quantitative estimate of drug-likeness (QED) is 0.876. The van der Waals surface area contributed by atoms with Crippen LogP contribution in [0.1, 0.15) is 63.1 Å². The van der Waals surface area contributed by atoms with Crippen LogP contribution in [0, 0.1) is 12.8 Å². The summed E-state index contributed by atoms with van der Waals surface area (Å²) in [7, 11) is 0. The Morgan fingerprint density at radius 3 is 2.57 bits per heavy atom. The molecule has 0 bridgehead atoms. The minimum Gasteiger partial charge on any atom is -0.323 e. The van der Waals surface area contributed by atoms with E-state index in [1.807, 2.05) is 0 Å². The highest BCUT2D eigenvalue weighted by atomic mass is 15.2. The van der Waals surface area contributed by atoms with E-state index in [2.05, 4.69) is 49.9 Å². The van der Waals surface area contributed by atoms with Crippen LogP contribution in [0.15, 0.2) is 24.3 Å². The van der Waals surface area contributed by atoms with E-state index in [0.717, 1.165) is 5.92 Å². The van der Waals surface area contributed by atoms with Crippen molar-refractivity contribution in [3.8, 4) is 0 Å². The molecule has 0 aliphatic carbocycles. The Bertz CT molecular complexity index is 412.